The molecule has 2 heterocycles. The van der Waals surface area contributed by atoms with Gasteiger partial charge in [0.15, 0.2) is 11.8 Å². The fourth-order valence-corrected chi connectivity index (χ4v) is 3.28. The van der Waals surface area contributed by atoms with Crippen molar-refractivity contribution in [3.05, 3.63) is 42.2 Å². The average Bonchev–Trinajstić information content (AvgIpc) is 3.24. The predicted molar refractivity (Wildman–Crippen MR) is 106 cm³/mol. The minimum Gasteiger partial charge on any atom is -0.481 e. The summed E-state index contributed by atoms with van der Waals surface area (Å²) in [6, 6.07) is 9.44. The number of nitrogens with one attached hydrogen (secondary N) is 1. The van der Waals surface area contributed by atoms with E-state index in [-0.39, 0.29) is 23.6 Å². The van der Waals surface area contributed by atoms with Crippen LogP contribution >= 0.6 is 0 Å². The maximum Gasteiger partial charge on any atom is 0.273 e. The van der Waals surface area contributed by atoms with Gasteiger partial charge in [-0.1, -0.05) is 23.4 Å². The molecule has 1 saturated heterocycles. The Morgan fingerprint density at radius 3 is 2.66 bits per heavy atom. The summed E-state index contributed by atoms with van der Waals surface area (Å²) in [5.74, 6) is 0.388. The number of carbonyl (C=O) groups is 2. The molecule has 1 aliphatic rings. The fourth-order valence-electron chi connectivity index (χ4n) is 3.28. The van der Waals surface area contributed by atoms with Crippen LogP contribution in [0.2, 0.25) is 0 Å². The van der Waals surface area contributed by atoms with Crippen LogP contribution in [0.25, 0.3) is 0 Å². The van der Waals surface area contributed by atoms with Crippen molar-refractivity contribution in [2.75, 3.05) is 33.4 Å². The zero-order valence-electron chi connectivity index (χ0n) is 16.8. The van der Waals surface area contributed by atoms with Crippen molar-refractivity contribution < 1.29 is 19.1 Å². The number of likely N-dealkylation sites (tertiary alicyclic amines) is 1. The Morgan fingerprint density at radius 2 is 1.97 bits per heavy atom. The zero-order chi connectivity index (χ0) is 20.6. The van der Waals surface area contributed by atoms with Crippen LogP contribution in [-0.2, 0) is 9.53 Å². The Labute approximate surface area is 170 Å². The number of ether oxygens (including phenoxy) is 2. The van der Waals surface area contributed by atoms with E-state index in [4.69, 9.17) is 9.47 Å². The summed E-state index contributed by atoms with van der Waals surface area (Å²) in [6.45, 7) is 3.86. The van der Waals surface area contributed by atoms with Crippen molar-refractivity contribution >= 4 is 11.8 Å². The molecule has 0 aliphatic carbocycles. The van der Waals surface area contributed by atoms with Gasteiger partial charge in [-0.25, -0.2) is 4.68 Å². The molecule has 3 rings (SSSR count). The highest BCUT2D eigenvalue weighted by Crippen LogP contribution is 2.23. The lowest BCUT2D eigenvalue weighted by molar-refractivity contribution is -0.139. The highest BCUT2D eigenvalue weighted by atomic mass is 16.5. The molecule has 1 aromatic carbocycles. The fraction of sp³-hybridized carbons (Fsp3) is 0.500. The quantitative estimate of drug-likeness (QED) is 0.669. The Hall–Kier alpha value is -2.94. The smallest absolute Gasteiger partial charge is 0.273 e. The summed E-state index contributed by atoms with van der Waals surface area (Å²) >= 11 is 0. The number of amides is 2. The van der Waals surface area contributed by atoms with E-state index in [2.05, 4.69) is 15.6 Å². The van der Waals surface area contributed by atoms with E-state index < -0.39 is 6.10 Å². The molecule has 29 heavy (non-hydrogen) atoms. The maximum absolute atomic E-state index is 12.7. The lowest BCUT2D eigenvalue weighted by atomic mass is 10.0. The first kappa shape index (κ1) is 20.8. The first-order chi connectivity index (χ1) is 14.1. The largest absolute Gasteiger partial charge is 0.481 e. The van der Waals surface area contributed by atoms with Gasteiger partial charge < -0.3 is 19.7 Å². The van der Waals surface area contributed by atoms with E-state index >= 15 is 0 Å². The highest BCUT2D eigenvalue weighted by Gasteiger charge is 2.28. The monoisotopic (exact) mass is 401 g/mol. The van der Waals surface area contributed by atoms with E-state index in [1.54, 1.807) is 24.9 Å². The molecule has 0 bridgehead atoms. The van der Waals surface area contributed by atoms with Gasteiger partial charge in [-0.05, 0) is 31.9 Å². The number of aromatic nitrogens is 3. The highest BCUT2D eigenvalue weighted by molar-refractivity contribution is 5.91. The van der Waals surface area contributed by atoms with E-state index in [1.165, 1.54) is 0 Å². The predicted octanol–water partition coefficient (Wildman–Crippen LogP) is 1.29. The van der Waals surface area contributed by atoms with Gasteiger partial charge in [0, 0.05) is 26.7 Å². The van der Waals surface area contributed by atoms with Gasteiger partial charge >= 0.3 is 0 Å². The van der Waals surface area contributed by atoms with Crippen LogP contribution in [0.5, 0.6) is 5.75 Å². The van der Waals surface area contributed by atoms with Gasteiger partial charge in [-0.2, -0.15) is 0 Å². The van der Waals surface area contributed by atoms with Crippen molar-refractivity contribution in [3.8, 4) is 5.75 Å². The summed E-state index contributed by atoms with van der Waals surface area (Å²) in [5.41, 5.74) is 0.282. The van der Waals surface area contributed by atoms with Crippen LogP contribution in [-0.4, -0.2) is 71.2 Å². The third-order valence-corrected chi connectivity index (χ3v) is 4.89. The van der Waals surface area contributed by atoms with Crippen LogP contribution in [0, 0.1) is 0 Å². The maximum atomic E-state index is 12.7. The molecule has 9 heteroatoms. The Morgan fingerprint density at radius 1 is 1.24 bits per heavy atom. The summed E-state index contributed by atoms with van der Waals surface area (Å²) in [7, 11) is 1.58. The summed E-state index contributed by atoms with van der Waals surface area (Å²) in [4.78, 5) is 26.5. The lowest BCUT2D eigenvalue weighted by Gasteiger charge is -2.33. The second-order valence-electron chi connectivity index (χ2n) is 6.96. The third kappa shape index (κ3) is 5.54. The van der Waals surface area contributed by atoms with Crippen LogP contribution in [0.3, 0.4) is 0 Å². The lowest BCUT2D eigenvalue weighted by Crippen LogP contribution is -2.45. The first-order valence-electron chi connectivity index (χ1n) is 9.78. The molecule has 2 aromatic rings. The number of piperidine rings is 1. The molecule has 0 unspecified atom stereocenters. The van der Waals surface area contributed by atoms with E-state index in [0.717, 1.165) is 12.8 Å². The van der Waals surface area contributed by atoms with Gasteiger partial charge in [0.25, 0.3) is 11.8 Å². The molecule has 1 atom stereocenters. The molecule has 2 amide bonds. The van der Waals surface area contributed by atoms with Crippen LogP contribution < -0.4 is 10.1 Å². The molecular formula is C20H27N5O4. The van der Waals surface area contributed by atoms with Gasteiger partial charge in [-0.15, -0.1) is 5.10 Å². The van der Waals surface area contributed by atoms with E-state index in [9.17, 15) is 9.59 Å². The number of carbonyl (C=O) groups excluding carboxylic acids is 2. The van der Waals surface area contributed by atoms with Crippen molar-refractivity contribution in [2.45, 2.75) is 31.9 Å². The van der Waals surface area contributed by atoms with Gasteiger partial charge in [0.05, 0.1) is 18.8 Å². The minimum atomic E-state index is -0.539. The van der Waals surface area contributed by atoms with Crippen LogP contribution in [0.15, 0.2) is 36.5 Å². The topological polar surface area (TPSA) is 98.6 Å². The molecular weight excluding hydrogens is 374 g/mol. The van der Waals surface area contributed by atoms with Crippen molar-refractivity contribution in [1.82, 2.24) is 25.2 Å². The molecule has 9 nitrogen and oxygen atoms in total. The first-order valence-corrected chi connectivity index (χ1v) is 9.78. The van der Waals surface area contributed by atoms with Crippen molar-refractivity contribution in [2.24, 2.45) is 0 Å². The number of nitrogens with zero attached hydrogens (tertiary/aromatic N) is 4. The van der Waals surface area contributed by atoms with Gasteiger partial charge in [0.1, 0.15) is 5.75 Å². The third-order valence-electron chi connectivity index (χ3n) is 4.89. The molecule has 1 aromatic heterocycles. The molecule has 1 N–H and O–H groups in total. The van der Waals surface area contributed by atoms with Gasteiger partial charge in [0.2, 0.25) is 0 Å². The standard InChI is InChI=1S/C20H27N5O4/c1-15(29-17-6-4-3-5-7-17)20(27)24-11-8-16(9-12-24)25-14-18(22-23-25)19(26)21-10-13-28-2/h3-7,14-16H,8-13H2,1-2H3,(H,21,26)/t15-/m1/s1. The second kappa shape index (κ2) is 10.0. The minimum absolute atomic E-state index is 0.0240. The Bertz CT molecular complexity index is 802. The SMILES string of the molecule is COCCNC(=O)c1cn(C2CCN(C(=O)[C@@H](C)Oc3ccccc3)CC2)nn1. The van der Waals surface area contributed by atoms with Crippen molar-refractivity contribution in [3.63, 3.8) is 0 Å². The molecule has 1 fully saturated rings. The molecule has 1 aliphatic heterocycles. The number of methoxy groups -OCH3 is 1. The summed E-state index contributed by atoms with van der Waals surface area (Å²) < 4.78 is 12.4. The number of para-hydroxylation sites is 1. The molecule has 0 saturated carbocycles. The van der Waals surface area contributed by atoms with Crippen molar-refractivity contribution in [1.29, 1.82) is 0 Å². The zero-order valence-corrected chi connectivity index (χ0v) is 16.8. The number of hydrogen-bond acceptors (Lipinski definition) is 6. The van der Waals surface area contributed by atoms with E-state index in [1.807, 2.05) is 35.2 Å². The second-order valence-corrected chi connectivity index (χ2v) is 6.96. The normalized spacial score (nSPS) is 15.7. The summed E-state index contributed by atoms with van der Waals surface area (Å²) in [6.07, 6.45) is 2.61. The number of rotatable bonds is 8. The Balaban J connectivity index is 1.49. The van der Waals surface area contributed by atoms with Crippen LogP contribution in [0.4, 0.5) is 0 Å². The number of benzene rings is 1. The molecule has 156 valence electrons. The molecule has 0 radical (unpaired) electrons. The number of hydrogen-bond donors (Lipinski definition) is 1. The van der Waals surface area contributed by atoms with Gasteiger partial charge in [-0.3, -0.25) is 9.59 Å². The molecule has 0 spiro atoms. The van der Waals surface area contributed by atoms with Crippen LogP contribution in [0.1, 0.15) is 36.3 Å². The average molecular weight is 401 g/mol. The Kier molecular flexibility index (Phi) is 7.18. The van der Waals surface area contributed by atoms with E-state index in [0.29, 0.717) is 32.0 Å². The summed E-state index contributed by atoms with van der Waals surface area (Å²) in [5, 5.41) is 10.8.